The van der Waals surface area contributed by atoms with Crippen LogP contribution >= 0.6 is 27.7 Å². The van der Waals surface area contributed by atoms with E-state index in [1.54, 1.807) is 6.07 Å². The monoisotopic (exact) mass is 344 g/mol. The molecule has 0 atom stereocenters. The summed E-state index contributed by atoms with van der Waals surface area (Å²) in [5.74, 6) is -0.964. The molecule has 2 rings (SSSR count). The van der Waals surface area contributed by atoms with E-state index in [9.17, 15) is 8.78 Å². The number of benzene rings is 1. The standard InChI is InChI=1S/C13H11BrF2N2S/c1-2-3-12-17-11(14)7-13(18-12)19-8-4-5-9(15)10(16)6-8/h4-7H,2-3H2,1H3. The average molecular weight is 345 g/mol. The van der Waals surface area contributed by atoms with Crippen LogP contribution < -0.4 is 0 Å². The number of rotatable bonds is 4. The SMILES string of the molecule is CCCc1nc(Br)cc(Sc2ccc(F)c(F)c2)n1. The molecule has 0 aliphatic rings. The second-order valence-electron chi connectivity index (χ2n) is 3.87. The molecule has 0 saturated carbocycles. The molecule has 1 aromatic heterocycles. The Labute approximate surface area is 122 Å². The summed E-state index contributed by atoms with van der Waals surface area (Å²) in [7, 11) is 0. The third-order valence-electron chi connectivity index (χ3n) is 2.30. The van der Waals surface area contributed by atoms with Crippen LogP contribution in [0, 0.1) is 11.6 Å². The van der Waals surface area contributed by atoms with E-state index in [4.69, 9.17) is 0 Å². The van der Waals surface area contributed by atoms with Gasteiger partial charge in [-0.1, -0.05) is 18.7 Å². The fourth-order valence-corrected chi connectivity index (χ4v) is 2.93. The van der Waals surface area contributed by atoms with Crippen LogP contribution in [0.15, 0.2) is 38.8 Å². The van der Waals surface area contributed by atoms with Crippen molar-refractivity contribution in [3.8, 4) is 0 Å². The van der Waals surface area contributed by atoms with Gasteiger partial charge in [0.15, 0.2) is 11.6 Å². The maximum atomic E-state index is 13.1. The van der Waals surface area contributed by atoms with Gasteiger partial charge < -0.3 is 0 Å². The van der Waals surface area contributed by atoms with Crippen LogP contribution in [0.1, 0.15) is 19.2 Å². The lowest BCUT2D eigenvalue weighted by molar-refractivity contribution is 0.506. The number of hydrogen-bond donors (Lipinski definition) is 0. The van der Waals surface area contributed by atoms with E-state index in [0.717, 1.165) is 30.8 Å². The van der Waals surface area contributed by atoms with Crippen molar-refractivity contribution in [2.75, 3.05) is 0 Å². The van der Waals surface area contributed by atoms with Crippen molar-refractivity contribution < 1.29 is 8.78 Å². The maximum Gasteiger partial charge on any atom is 0.159 e. The highest BCUT2D eigenvalue weighted by atomic mass is 79.9. The summed E-state index contributed by atoms with van der Waals surface area (Å²) in [5.41, 5.74) is 0. The van der Waals surface area contributed by atoms with Gasteiger partial charge in [0.25, 0.3) is 0 Å². The molecule has 0 saturated heterocycles. The molecule has 1 heterocycles. The second kappa shape index (κ2) is 6.43. The minimum atomic E-state index is -0.855. The quantitative estimate of drug-likeness (QED) is 0.756. The molecule has 2 nitrogen and oxygen atoms in total. The largest absolute Gasteiger partial charge is 0.226 e. The molecule has 0 aliphatic carbocycles. The van der Waals surface area contributed by atoms with E-state index in [2.05, 4.69) is 25.9 Å². The Morgan fingerprint density at radius 1 is 1.16 bits per heavy atom. The lowest BCUT2D eigenvalue weighted by Crippen LogP contribution is -1.96. The first-order chi connectivity index (χ1) is 9.08. The Morgan fingerprint density at radius 3 is 2.63 bits per heavy atom. The van der Waals surface area contributed by atoms with Crippen LogP contribution in [-0.4, -0.2) is 9.97 Å². The fourth-order valence-electron chi connectivity index (χ4n) is 1.49. The van der Waals surface area contributed by atoms with Crippen molar-refractivity contribution >= 4 is 27.7 Å². The molecule has 100 valence electrons. The third-order valence-corrected chi connectivity index (χ3v) is 3.62. The van der Waals surface area contributed by atoms with Gasteiger partial charge in [0, 0.05) is 17.4 Å². The predicted octanol–water partition coefficient (Wildman–Crippen LogP) is 4.62. The van der Waals surface area contributed by atoms with Gasteiger partial charge in [0.2, 0.25) is 0 Å². The number of nitrogens with zero attached hydrogens (tertiary/aromatic N) is 2. The molecular formula is C13H11BrF2N2S. The van der Waals surface area contributed by atoms with Gasteiger partial charge in [0.1, 0.15) is 15.5 Å². The summed E-state index contributed by atoms with van der Waals surface area (Å²) in [6.45, 7) is 2.05. The van der Waals surface area contributed by atoms with Crippen molar-refractivity contribution in [2.45, 2.75) is 29.7 Å². The zero-order chi connectivity index (χ0) is 13.8. The van der Waals surface area contributed by atoms with Crippen molar-refractivity contribution in [3.05, 3.63) is 46.3 Å². The average Bonchev–Trinajstić information content (AvgIpc) is 2.33. The molecule has 0 bridgehead atoms. The Hall–Kier alpha value is -1.01. The van der Waals surface area contributed by atoms with Crippen molar-refractivity contribution in [3.63, 3.8) is 0 Å². The lowest BCUT2D eigenvalue weighted by Gasteiger charge is -2.05. The van der Waals surface area contributed by atoms with Crippen molar-refractivity contribution in [1.82, 2.24) is 9.97 Å². The molecule has 6 heteroatoms. The number of hydrogen-bond acceptors (Lipinski definition) is 3. The molecule has 0 spiro atoms. The summed E-state index contributed by atoms with van der Waals surface area (Å²) < 4.78 is 26.7. The van der Waals surface area contributed by atoms with E-state index >= 15 is 0 Å². The topological polar surface area (TPSA) is 25.8 Å². The molecule has 0 amide bonds. The first-order valence-electron chi connectivity index (χ1n) is 5.75. The molecular weight excluding hydrogens is 334 g/mol. The van der Waals surface area contributed by atoms with E-state index in [0.29, 0.717) is 14.5 Å². The Morgan fingerprint density at radius 2 is 1.95 bits per heavy atom. The van der Waals surface area contributed by atoms with Gasteiger partial charge >= 0.3 is 0 Å². The highest BCUT2D eigenvalue weighted by Gasteiger charge is 2.07. The summed E-state index contributed by atoms with van der Waals surface area (Å²) in [6.07, 6.45) is 1.73. The molecule has 19 heavy (non-hydrogen) atoms. The number of aromatic nitrogens is 2. The summed E-state index contributed by atoms with van der Waals surface area (Å²) in [6, 6.07) is 5.56. The lowest BCUT2D eigenvalue weighted by atomic mass is 10.3. The van der Waals surface area contributed by atoms with Crippen LogP contribution in [0.2, 0.25) is 0 Å². The van der Waals surface area contributed by atoms with Gasteiger partial charge in [-0.3, -0.25) is 0 Å². The molecule has 2 aromatic rings. The normalized spacial score (nSPS) is 10.7. The Bertz CT molecular complexity index is 593. The van der Waals surface area contributed by atoms with E-state index in [1.165, 1.54) is 17.8 Å². The van der Waals surface area contributed by atoms with E-state index < -0.39 is 11.6 Å². The smallest absolute Gasteiger partial charge is 0.159 e. The minimum Gasteiger partial charge on any atom is -0.226 e. The van der Waals surface area contributed by atoms with Gasteiger partial charge in [0.05, 0.1) is 0 Å². The molecule has 0 aliphatic heterocycles. The van der Waals surface area contributed by atoms with Crippen molar-refractivity contribution in [2.24, 2.45) is 0 Å². The number of aryl methyl sites for hydroxylation is 1. The van der Waals surface area contributed by atoms with Crippen LogP contribution in [0.5, 0.6) is 0 Å². The molecule has 1 aromatic carbocycles. The fraction of sp³-hybridized carbons (Fsp3) is 0.231. The van der Waals surface area contributed by atoms with E-state index in [1.807, 2.05) is 6.92 Å². The summed E-state index contributed by atoms with van der Waals surface area (Å²) in [5, 5.41) is 0.705. The highest BCUT2D eigenvalue weighted by Crippen LogP contribution is 2.28. The first-order valence-corrected chi connectivity index (χ1v) is 7.36. The molecule has 0 fully saturated rings. The van der Waals surface area contributed by atoms with Crippen LogP contribution in [0.25, 0.3) is 0 Å². The zero-order valence-corrected chi connectivity index (χ0v) is 12.6. The maximum absolute atomic E-state index is 13.1. The minimum absolute atomic E-state index is 0.604. The van der Waals surface area contributed by atoms with Gasteiger partial charge in [-0.25, -0.2) is 18.7 Å². The van der Waals surface area contributed by atoms with Gasteiger partial charge in [-0.15, -0.1) is 0 Å². The molecule has 0 N–H and O–H groups in total. The Balaban J connectivity index is 2.24. The zero-order valence-electron chi connectivity index (χ0n) is 10.2. The third kappa shape index (κ3) is 3.98. The molecule has 0 radical (unpaired) electrons. The first kappa shape index (κ1) is 14.4. The van der Waals surface area contributed by atoms with Crippen LogP contribution in [-0.2, 0) is 6.42 Å². The summed E-state index contributed by atoms with van der Waals surface area (Å²) in [4.78, 5) is 9.24. The molecule has 0 unspecified atom stereocenters. The predicted molar refractivity (Wildman–Crippen MR) is 74.2 cm³/mol. The van der Waals surface area contributed by atoms with Gasteiger partial charge in [-0.2, -0.15) is 0 Å². The Kier molecular flexibility index (Phi) is 4.87. The van der Waals surface area contributed by atoms with Gasteiger partial charge in [-0.05, 0) is 40.5 Å². The van der Waals surface area contributed by atoms with Crippen molar-refractivity contribution in [1.29, 1.82) is 0 Å². The van der Waals surface area contributed by atoms with Crippen LogP contribution in [0.4, 0.5) is 8.78 Å². The summed E-state index contributed by atoms with van der Waals surface area (Å²) >= 11 is 4.60. The van der Waals surface area contributed by atoms with E-state index in [-0.39, 0.29) is 0 Å². The van der Waals surface area contributed by atoms with Crippen LogP contribution in [0.3, 0.4) is 0 Å². The second-order valence-corrected chi connectivity index (χ2v) is 5.78. The number of halogens is 3. The highest BCUT2D eigenvalue weighted by molar-refractivity contribution is 9.10.